The maximum absolute atomic E-state index is 11.5. The van der Waals surface area contributed by atoms with Crippen molar-refractivity contribution < 1.29 is 9.32 Å². The van der Waals surface area contributed by atoms with Gasteiger partial charge in [0.25, 0.3) is 0 Å². The first-order chi connectivity index (χ1) is 7.06. The lowest BCUT2D eigenvalue weighted by atomic mass is 10.2. The molecule has 0 aliphatic heterocycles. The fourth-order valence-electron chi connectivity index (χ4n) is 1.20. The van der Waals surface area contributed by atoms with Gasteiger partial charge in [-0.2, -0.15) is 0 Å². The molecule has 0 saturated heterocycles. The largest absolute Gasteiger partial charge is 0.361 e. The molecule has 5 heteroatoms. The van der Waals surface area contributed by atoms with E-state index in [9.17, 15) is 4.79 Å². The van der Waals surface area contributed by atoms with Gasteiger partial charge in [0.15, 0.2) is 0 Å². The van der Waals surface area contributed by atoms with Crippen LogP contribution in [0.1, 0.15) is 23.9 Å². The summed E-state index contributed by atoms with van der Waals surface area (Å²) in [6.07, 6.45) is 0. The first-order valence-electron chi connectivity index (χ1n) is 4.97. The fourth-order valence-corrected chi connectivity index (χ4v) is 1.20. The van der Waals surface area contributed by atoms with Gasteiger partial charge in [0.1, 0.15) is 5.76 Å². The zero-order valence-corrected chi connectivity index (χ0v) is 9.63. The van der Waals surface area contributed by atoms with E-state index in [0.29, 0.717) is 13.1 Å². The van der Waals surface area contributed by atoms with Gasteiger partial charge in [0.05, 0.1) is 5.69 Å². The highest BCUT2D eigenvalue weighted by Crippen LogP contribution is 2.11. The molecule has 1 heterocycles. The average Bonchev–Trinajstić information content (AvgIpc) is 2.54. The molecule has 0 spiro atoms. The van der Waals surface area contributed by atoms with Crippen LogP contribution in [-0.2, 0) is 6.54 Å². The van der Waals surface area contributed by atoms with Gasteiger partial charge in [-0.15, -0.1) is 0 Å². The van der Waals surface area contributed by atoms with Gasteiger partial charge < -0.3 is 14.7 Å². The molecule has 0 aliphatic carbocycles. The summed E-state index contributed by atoms with van der Waals surface area (Å²) < 4.78 is 5.00. The lowest BCUT2D eigenvalue weighted by Crippen LogP contribution is -2.36. The van der Waals surface area contributed by atoms with Gasteiger partial charge in [0, 0.05) is 25.7 Å². The number of nitrogens with one attached hydrogen (secondary N) is 1. The molecular weight excluding hydrogens is 194 g/mol. The molecule has 0 aliphatic rings. The lowest BCUT2D eigenvalue weighted by molar-refractivity contribution is 0.210. The average molecular weight is 211 g/mol. The summed E-state index contributed by atoms with van der Waals surface area (Å²) in [5, 5.41) is 6.62. The summed E-state index contributed by atoms with van der Waals surface area (Å²) >= 11 is 0. The molecular formula is C10H17N3O2. The number of aryl methyl sites for hydroxylation is 2. The molecule has 5 nitrogen and oxygen atoms in total. The zero-order chi connectivity index (χ0) is 11.4. The molecule has 1 aromatic rings. The van der Waals surface area contributed by atoms with E-state index in [4.69, 9.17) is 4.52 Å². The Morgan fingerprint density at radius 1 is 1.53 bits per heavy atom. The molecule has 1 aromatic heterocycles. The van der Waals surface area contributed by atoms with Crippen LogP contribution in [0, 0.1) is 13.8 Å². The van der Waals surface area contributed by atoms with Crippen molar-refractivity contribution in [3.63, 3.8) is 0 Å². The topological polar surface area (TPSA) is 58.4 Å². The molecule has 0 fully saturated rings. The molecule has 1 N–H and O–H groups in total. The maximum Gasteiger partial charge on any atom is 0.317 e. The maximum atomic E-state index is 11.5. The van der Waals surface area contributed by atoms with Gasteiger partial charge in [-0.1, -0.05) is 5.16 Å². The van der Waals surface area contributed by atoms with Gasteiger partial charge in [0.2, 0.25) is 0 Å². The van der Waals surface area contributed by atoms with Crippen molar-refractivity contribution in [2.24, 2.45) is 0 Å². The summed E-state index contributed by atoms with van der Waals surface area (Å²) in [5.41, 5.74) is 1.78. The third-order valence-corrected chi connectivity index (χ3v) is 2.42. The molecule has 0 radical (unpaired) electrons. The third kappa shape index (κ3) is 2.71. The van der Waals surface area contributed by atoms with Gasteiger partial charge >= 0.3 is 6.03 Å². The fraction of sp³-hybridized carbons (Fsp3) is 0.600. The van der Waals surface area contributed by atoms with E-state index in [2.05, 4.69) is 10.5 Å². The highest BCUT2D eigenvalue weighted by molar-refractivity contribution is 5.73. The van der Waals surface area contributed by atoms with Crippen molar-refractivity contribution in [1.82, 2.24) is 15.4 Å². The van der Waals surface area contributed by atoms with Crippen molar-refractivity contribution in [3.8, 4) is 0 Å². The normalized spacial score (nSPS) is 10.1. The number of urea groups is 1. The SMILES string of the molecule is CCN(C)C(=O)NCc1c(C)noc1C. The predicted molar refractivity (Wildman–Crippen MR) is 56.5 cm³/mol. The van der Waals surface area contributed by atoms with E-state index >= 15 is 0 Å². The molecule has 15 heavy (non-hydrogen) atoms. The minimum atomic E-state index is -0.0856. The molecule has 1 rings (SSSR count). The van der Waals surface area contributed by atoms with Gasteiger partial charge in [-0.05, 0) is 20.8 Å². The van der Waals surface area contributed by atoms with Crippen molar-refractivity contribution in [2.45, 2.75) is 27.3 Å². The van der Waals surface area contributed by atoms with Gasteiger partial charge in [-0.3, -0.25) is 0 Å². The number of carbonyl (C=O) groups is 1. The van der Waals surface area contributed by atoms with Crippen LogP contribution in [0.4, 0.5) is 4.79 Å². The van der Waals surface area contributed by atoms with Crippen molar-refractivity contribution in [2.75, 3.05) is 13.6 Å². The lowest BCUT2D eigenvalue weighted by Gasteiger charge is -2.15. The second kappa shape index (κ2) is 4.82. The first-order valence-corrected chi connectivity index (χ1v) is 4.97. The number of carbonyl (C=O) groups excluding carboxylic acids is 1. The summed E-state index contributed by atoms with van der Waals surface area (Å²) in [6, 6.07) is -0.0856. The molecule has 0 aromatic carbocycles. The predicted octanol–water partition coefficient (Wildman–Crippen LogP) is 1.45. The van der Waals surface area contributed by atoms with E-state index in [-0.39, 0.29) is 6.03 Å². The van der Waals surface area contributed by atoms with Crippen molar-refractivity contribution >= 4 is 6.03 Å². The summed E-state index contributed by atoms with van der Waals surface area (Å²) in [4.78, 5) is 13.1. The number of hydrogen-bond acceptors (Lipinski definition) is 3. The molecule has 84 valence electrons. The number of hydrogen-bond donors (Lipinski definition) is 1. The number of rotatable bonds is 3. The smallest absolute Gasteiger partial charge is 0.317 e. The summed E-state index contributed by atoms with van der Waals surface area (Å²) in [6.45, 7) is 6.78. The van der Waals surface area contributed by atoms with Crippen LogP contribution in [0.25, 0.3) is 0 Å². The second-order valence-corrected chi connectivity index (χ2v) is 3.48. The highest BCUT2D eigenvalue weighted by atomic mass is 16.5. The van der Waals surface area contributed by atoms with E-state index in [1.807, 2.05) is 20.8 Å². The molecule has 0 saturated carbocycles. The summed E-state index contributed by atoms with van der Waals surface area (Å²) in [7, 11) is 1.75. The van der Waals surface area contributed by atoms with Gasteiger partial charge in [-0.25, -0.2) is 4.79 Å². The highest BCUT2D eigenvalue weighted by Gasteiger charge is 2.11. The molecule has 0 atom stereocenters. The first kappa shape index (κ1) is 11.6. The second-order valence-electron chi connectivity index (χ2n) is 3.48. The number of aromatic nitrogens is 1. The van der Waals surface area contributed by atoms with E-state index in [1.54, 1.807) is 11.9 Å². The van der Waals surface area contributed by atoms with Crippen LogP contribution in [0.15, 0.2) is 4.52 Å². The number of amides is 2. The standard InChI is InChI=1S/C10H17N3O2/c1-5-13(4)10(14)11-6-9-7(2)12-15-8(9)3/h5-6H2,1-4H3,(H,11,14). The van der Waals surface area contributed by atoms with E-state index in [0.717, 1.165) is 17.0 Å². The van der Waals surface area contributed by atoms with Crippen molar-refractivity contribution in [1.29, 1.82) is 0 Å². The molecule has 0 bridgehead atoms. The Morgan fingerprint density at radius 3 is 2.67 bits per heavy atom. The minimum absolute atomic E-state index is 0.0856. The molecule has 0 unspecified atom stereocenters. The Hall–Kier alpha value is -1.52. The Bertz CT molecular complexity index is 327. The van der Waals surface area contributed by atoms with Crippen LogP contribution < -0.4 is 5.32 Å². The molecule has 2 amide bonds. The van der Waals surface area contributed by atoms with E-state index < -0.39 is 0 Å². The Balaban J connectivity index is 2.54. The quantitative estimate of drug-likeness (QED) is 0.823. The zero-order valence-electron chi connectivity index (χ0n) is 9.63. The number of nitrogens with zero attached hydrogens (tertiary/aromatic N) is 2. The van der Waals surface area contributed by atoms with E-state index in [1.165, 1.54) is 0 Å². The Kier molecular flexibility index (Phi) is 3.71. The van der Waals surface area contributed by atoms with Crippen LogP contribution >= 0.6 is 0 Å². The minimum Gasteiger partial charge on any atom is -0.361 e. The third-order valence-electron chi connectivity index (χ3n) is 2.42. The van der Waals surface area contributed by atoms with Crippen LogP contribution in [0.5, 0.6) is 0 Å². The Labute approximate surface area is 89.4 Å². The van der Waals surface area contributed by atoms with Crippen molar-refractivity contribution in [3.05, 3.63) is 17.0 Å². The Morgan fingerprint density at radius 2 is 2.20 bits per heavy atom. The van der Waals surface area contributed by atoms with Crippen LogP contribution in [0.3, 0.4) is 0 Å². The summed E-state index contributed by atoms with van der Waals surface area (Å²) in [5.74, 6) is 0.756. The van der Waals surface area contributed by atoms with Crippen LogP contribution in [-0.4, -0.2) is 29.7 Å². The van der Waals surface area contributed by atoms with Crippen LogP contribution in [0.2, 0.25) is 0 Å². The monoisotopic (exact) mass is 211 g/mol.